The Morgan fingerprint density at radius 2 is 1.52 bits per heavy atom. The predicted octanol–water partition coefficient (Wildman–Crippen LogP) is 4.77. The van der Waals surface area contributed by atoms with Crippen molar-refractivity contribution in [1.82, 2.24) is 0 Å². The van der Waals surface area contributed by atoms with Gasteiger partial charge in [0, 0.05) is 11.3 Å². The molecular formula is C21H17F3N2O4S. The van der Waals surface area contributed by atoms with Crippen LogP contribution in [0.5, 0.6) is 5.75 Å². The quantitative estimate of drug-likeness (QED) is 0.567. The van der Waals surface area contributed by atoms with Gasteiger partial charge in [-0.2, -0.15) is 13.2 Å². The van der Waals surface area contributed by atoms with Gasteiger partial charge in [-0.25, -0.2) is 8.42 Å². The molecule has 1 amide bonds. The SMILES string of the molecule is COc1ccc(S(=O)(=O)Nc2ccc(C(=O)Nc3ccccc3C(F)(F)F)cc2)cc1. The van der Waals surface area contributed by atoms with E-state index in [4.69, 9.17) is 4.74 Å². The molecule has 2 N–H and O–H groups in total. The third kappa shape index (κ3) is 5.34. The van der Waals surface area contributed by atoms with Gasteiger partial charge in [-0.1, -0.05) is 12.1 Å². The molecule has 0 aliphatic heterocycles. The number of anilines is 2. The lowest BCUT2D eigenvalue weighted by Gasteiger charge is -2.14. The first kappa shape index (κ1) is 22.2. The summed E-state index contributed by atoms with van der Waals surface area (Å²) in [6, 6.07) is 15.7. The van der Waals surface area contributed by atoms with E-state index >= 15 is 0 Å². The van der Waals surface area contributed by atoms with Crippen molar-refractivity contribution >= 4 is 27.3 Å². The van der Waals surface area contributed by atoms with Gasteiger partial charge >= 0.3 is 6.18 Å². The average molecular weight is 450 g/mol. The highest BCUT2D eigenvalue weighted by Crippen LogP contribution is 2.34. The van der Waals surface area contributed by atoms with Crippen molar-refractivity contribution in [3.8, 4) is 5.75 Å². The summed E-state index contributed by atoms with van der Waals surface area (Å²) in [5.74, 6) is -0.261. The molecule has 10 heteroatoms. The second-order valence-electron chi connectivity index (χ2n) is 6.36. The van der Waals surface area contributed by atoms with E-state index in [-0.39, 0.29) is 21.8 Å². The number of carbonyl (C=O) groups is 1. The second kappa shape index (κ2) is 8.68. The summed E-state index contributed by atoms with van der Waals surface area (Å²) in [4.78, 5) is 12.4. The largest absolute Gasteiger partial charge is 0.497 e. The Hall–Kier alpha value is -3.53. The summed E-state index contributed by atoms with van der Waals surface area (Å²) in [6.07, 6.45) is -4.62. The topological polar surface area (TPSA) is 84.5 Å². The molecule has 3 aromatic carbocycles. The fraction of sp³-hybridized carbons (Fsp3) is 0.0952. The van der Waals surface area contributed by atoms with Crippen molar-refractivity contribution in [3.63, 3.8) is 0 Å². The standard InChI is InChI=1S/C21H17F3N2O4S/c1-30-16-10-12-17(13-11-16)31(28,29)26-15-8-6-14(7-9-15)20(27)25-19-5-3-2-4-18(19)21(22,23)24/h2-13,26H,1H3,(H,25,27). The Morgan fingerprint density at radius 1 is 0.903 bits per heavy atom. The number of amides is 1. The molecular weight excluding hydrogens is 433 g/mol. The van der Waals surface area contributed by atoms with E-state index in [2.05, 4.69) is 10.0 Å². The molecule has 0 saturated heterocycles. The smallest absolute Gasteiger partial charge is 0.418 e. The molecule has 0 heterocycles. The highest BCUT2D eigenvalue weighted by Gasteiger charge is 2.33. The minimum absolute atomic E-state index is 0.0128. The minimum atomic E-state index is -4.62. The lowest BCUT2D eigenvalue weighted by atomic mass is 10.1. The van der Waals surface area contributed by atoms with Crippen LogP contribution in [0.4, 0.5) is 24.5 Å². The second-order valence-corrected chi connectivity index (χ2v) is 8.04. The van der Waals surface area contributed by atoms with Crippen molar-refractivity contribution in [1.29, 1.82) is 0 Å². The lowest BCUT2D eigenvalue weighted by molar-refractivity contribution is -0.136. The number of alkyl halides is 3. The maximum atomic E-state index is 13.1. The van der Waals surface area contributed by atoms with Crippen LogP contribution in [0.2, 0.25) is 0 Å². The van der Waals surface area contributed by atoms with Gasteiger partial charge in [-0.05, 0) is 60.7 Å². The zero-order chi connectivity index (χ0) is 22.6. The third-order valence-corrected chi connectivity index (χ3v) is 5.65. The van der Waals surface area contributed by atoms with Crippen LogP contribution in [0.15, 0.2) is 77.7 Å². The molecule has 6 nitrogen and oxygen atoms in total. The number of hydrogen-bond donors (Lipinski definition) is 2. The molecule has 3 aromatic rings. The summed E-state index contributed by atoms with van der Waals surface area (Å²) in [5, 5.41) is 2.23. The van der Waals surface area contributed by atoms with Crippen molar-refractivity contribution in [2.75, 3.05) is 17.1 Å². The van der Waals surface area contributed by atoms with Crippen LogP contribution in [0.3, 0.4) is 0 Å². The number of carbonyl (C=O) groups excluding carboxylic acids is 1. The molecule has 0 unspecified atom stereocenters. The fourth-order valence-corrected chi connectivity index (χ4v) is 3.75. The van der Waals surface area contributed by atoms with E-state index < -0.39 is 27.7 Å². The van der Waals surface area contributed by atoms with Crippen molar-refractivity contribution in [3.05, 3.63) is 83.9 Å². The van der Waals surface area contributed by atoms with Gasteiger partial charge in [0.25, 0.3) is 15.9 Å². The number of sulfonamides is 1. The first-order chi connectivity index (χ1) is 14.6. The number of benzene rings is 3. The van der Waals surface area contributed by atoms with E-state index in [1.807, 2.05) is 0 Å². The summed E-state index contributed by atoms with van der Waals surface area (Å²) in [7, 11) is -2.41. The molecule has 0 aromatic heterocycles. The molecule has 0 aliphatic carbocycles. The van der Waals surface area contributed by atoms with E-state index in [1.54, 1.807) is 0 Å². The van der Waals surface area contributed by atoms with Crippen molar-refractivity contribution in [2.24, 2.45) is 0 Å². The predicted molar refractivity (Wildman–Crippen MR) is 110 cm³/mol. The van der Waals surface area contributed by atoms with Crippen LogP contribution in [-0.4, -0.2) is 21.4 Å². The Morgan fingerprint density at radius 3 is 2.10 bits per heavy atom. The summed E-state index contributed by atoms with van der Waals surface area (Å²) >= 11 is 0. The van der Waals surface area contributed by atoms with Gasteiger partial charge in [0.2, 0.25) is 0 Å². The number of methoxy groups -OCH3 is 1. The van der Waals surface area contributed by atoms with Gasteiger partial charge in [-0.15, -0.1) is 0 Å². The summed E-state index contributed by atoms with van der Waals surface area (Å²) < 4.78 is 71.5. The number of halogens is 3. The average Bonchev–Trinajstić information content (AvgIpc) is 2.73. The normalized spacial score (nSPS) is 11.6. The van der Waals surface area contributed by atoms with Crippen LogP contribution >= 0.6 is 0 Å². The van der Waals surface area contributed by atoms with E-state index in [9.17, 15) is 26.4 Å². The first-order valence-corrected chi connectivity index (χ1v) is 10.3. The Labute approximate surface area is 176 Å². The number of rotatable bonds is 6. The number of nitrogens with one attached hydrogen (secondary N) is 2. The van der Waals surface area contributed by atoms with Crippen molar-refractivity contribution in [2.45, 2.75) is 11.1 Å². The molecule has 0 spiro atoms. The van der Waals surface area contributed by atoms with Gasteiger partial charge in [0.1, 0.15) is 5.75 Å². The molecule has 0 saturated carbocycles. The molecule has 3 rings (SSSR count). The van der Waals surface area contributed by atoms with Crippen LogP contribution < -0.4 is 14.8 Å². The third-order valence-electron chi connectivity index (χ3n) is 4.25. The maximum absolute atomic E-state index is 13.1. The van der Waals surface area contributed by atoms with Gasteiger partial charge in [-0.3, -0.25) is 9.52 Å². The van der Waals surface area contributed by atoms with Gasteiger partial charge in [0.05, 0.1) is 23.3 Å². The van der Waals surface area contributed by atoms with Gasteiger partial charge in [0.15, 0.2) is 0 Å². The Balaban J connectivity index is 1.73. The molecule has 0 bridgehead atoms. The highest BCUT2D eigenvalue weighted by atomic mass is 32.2. The molecule has 162 valence electrons. The first-order valence-electron chi connectivity index (χ1n) is 8.85. The Bertz CT molecular complexity index is 1180. The molecule has 0 fully saturated rings. The van der Waals surface area contributed by atoms with Crippen LogP contribution in [0.1, 0.15) is 15.9 Å². The number of hydrogen-bond acceptors (Lipinski definition) is 4. The van der Waals surface area contributed by atoms with Crippen LogP contribution in [-0.2, 0) is 16.2 Å². The lowest BCUT2D eigenvalue weighted by Crippen LogP contribution is -2.17. The molecule has 0 radical (unpaired) electrons. The molecule has 0 aliphatic rings. The Kier molecular flexibility index (Phi) is 6.21. The fourth-order valence-electron chi connectivity index (χ4n) is 2.69. The zero-order valence-electron chi connectivity index (χ0n) is 16.1. The summed E-state index contributed by atoms with van der Waals surface area (Å²) in [5.41, 5.74) is -1.09. The van der Waals surface area contributed by atoms with E-state index in [0.717, 1.165) is 12.1 Å². The highest BCUT2D eigenvalue weighted by molar-refractivity contribution is 7.92. The maximum Gasteiger partial charge on any atom is 0.418 e. The van der Waals surface area contributed by atoms with E-state index in [1.165, 1.54) is 67.8 Å². The number of para-hydroxylation sites is 1. The summed E-state index contributed by atoms with van der Waals surface area (Å²) in [6.45, 7) is 0. The molecule has 31 heavy (non-hydrogen) atoms. The monoisotopic (exact) mass is 450 g/mol. The zero-order valence-corrected chi connectivity index (χ0v) is 16.9. The van der Waals surface area contributed by atoms with Gasteiger partial charge < -0.3 is 10.1 Å². The van der Waals surface area contributed by atoms with E-state index in [0.29, 0.717) is 5.75 Å². The van der Waals surface area contributed by atoms with Crippen LogP contribution in [0.25, 0.3) is 0 Å². The van der Waals surface area contributed by atoms with Crippen LogP contribution in [0, 0.1) is 0 Å². The molecule has 0 atom stereocenters. The minimum Gasteiger partial charge on any atom is -0.497 e. The van der Waals surface area contributed by atoms with Crippen molar-refractivity contribution < 1.29 is 31.1 Å². The number of ether oxygens (including phenoxy) is 1.